The van der Waals surface area contributed by atoms with Crippen LogP contribution in [-0.4, -0.2) is 0 Å². The van der Waals surface area contributed by atoms with Crippen molar-refractivity contribution in [2.24, 2.45) is 0 Å². The van der Waals surface area contributed by atoms with Gasteiger partial charge in [0.25, 0.3) is 0 Å². The molecule has 0 aliphatic rings. The predicted molar refractivity (Wildman–Crippen MR) is 0.686 cm³/mol. The summed E-state index contributed by atoms with van der Waals surface area (Å²) in [6, 6.07) is 0. The first kappa shape index (κ1) is 34.7. The topological polar surface area (TPSA) is 28.5 Å². The summed E-state index contributed by atoms with van der Waals surface area (Å²) < 4.78 is 0. The van der Waals surface area contributed by atoms with Crippen LogP contribution in [0.15, 0.2) is 0 Å². The molecule has 0 aromatic rings. The van der Waals surface area contributed by atoms with Crippen molar-refractivity contribution in [2.75, 3.05) is 0 Å². The molecule has 0 heterocycles. The van der Waals surface area contributed by atoms with Gasteiger partial charge < -0.3 is 5.48 Å². The van der Waals surface area contributed by atoms with Crippen molar-refractivity contribution in [3.05, 3.63) is 0 Å². The van der Waals surface area contributed by atoms with Crippen molar-refractivity contribution in [1.82, 2.24) is 0 Å². The van der Waals surface area contributed by atoms with E-state index in [2.05, 4.69) is 0 Å². The Hall–Kier alpha value is 2.19. The SMILES string of the molecule is [Mn+2].[Na+].[O-2].[Ti+4]. The molecule has 1 nitrogen and oxygen atoms in total. The molecule has 0 fully saturated rings. The van der Waals surface area contributed by atoms with E-state index in [4.69, 9.17) is 0 Å². The maximum atomic E-state index is 0. The van der Waals surface area contributed by atoms with E-state index < -0.39 is 0 Å². The third-order valence-corrected chi connectivity index (χ3v) is 0. The molecule has 0 N–H and O–H groups in total. The van der Waals surface area contributed by atoms with Crippen molar-refractivity contribution in [3.63, 3.8) is 0 Å². The van der Waals surface area contributed by atoms with Crippen LogP contribution < -0.4 is 29.6 Å². The summed E-state index contributed by atoms with van der Waals surface area (Å²) in [5.74, 6) is 0. The minimum absolute atomic E-state index is 0. The Balaban J connectivity index is 0. The molecular formula is MnNaOTi+5. The maximum Gasteiger partial charge on any atom is 4.00 e. The van der Waals surface area contributed by atoms with Crippen LogP contribution in [0.2, 0.25) is 0 Å². The monoisotopic (exact) mass is 142 g/mol. The average Bonchev–Trinajstić information content (AvgIpc) is 0. The Labute approximate surface area is 72.9 Å². The first-order valence-electron chi connectivity index (χ1n) is 0. The van der Waals surface area contributed by atoms with Gasteiger partial charge in [0.15, 0.2) is 0 Å². The van der Waals surface area contributed by atoms with E-state index in [-0.39, 0.29) is 73.8 Å². The Morgan fingerprint density at radius 3 is 1.00 bits per heavy atom. The molecule has 0 unspecified atom stereocenters. The molecule has 13 valence electrons. The zero-order valence-electron chi connectivity index (χ0n) is 2.29. The summed E-state index contributed by atoms with van der Waals surface area (Å²) in [5.41, 5.74) is 0. The van der Waals surface area contributed by atoms with E-state index in [9.17, 15) is 0 Å². The quantitative estimate of drug-likeness (QED) is 0.320. The van der Waals surface area contributed by atoms with Crippen molar-refractivity contribution in [2.45, 2.75) is 0 Å². The average molecular weight is 142 g/mol. The molecule has 0 spiro atoms. The molecule has 0 aromatic carbocycles. The molecule has 0 rings (SSSR count). The normalized spacial score (nSPS) is 0. The van der Waals surface area contributed by atoms with Gasteiger partial charge in [0.1, 0.15) is 0 Å². The van der Waals surface area contributed by atoms with Crippen molar-refractivity contribution >= 4 is 0 Å². The van der Waals surface area contributed by atoms with E-state index in [1.54, 1.807) is 0 Å². The van der Waals surface area contributed by atoms with Crippen LogP contribution in [0.5, 0.6) is 0 Å². The molecule has 0 aliphatic carbocycles. The van der Waals surface area contributed by atoms with Gasteiger partial charge in [0.2, 0.25) is 0 Å². The first-order valence-corrected chi connectivity index (χ1v) is 0. The van der Waals surface area contributed by atoms with Crippen molar-refractivity contribution in [3.8, 4) is 0 Å². The summed E-state index contributed by atoms with van der Waals surface area (Å²) in [7, 11) is 0. The van der Waals surface area contributed by atoms with Crippen LogP contribution in [0.1, 0.15) is 0 Å². The third-order valence-electron chi connectivity index (χ3n) is 0. The number of hydrogen-bond donors (Lipinski definition) is 0. The minimum atomic E-state index is 0. The van der Waals surface area contributed by atoms with Gasteiger partial charge in [0, 0.05) is 0 Å². The Morgan fingerprint density at radius 2 is 1.00 bits per heavy atom. The predicted octanol–water partition coefficient (Wildman–Crippen LogP) is -3.12. The van der Waals surface area contributed by atoms with E-state index in [1.165, 1.54) is 0 Å². The van der Waals surface area contributed by atoms with E-state index in [0.717, 1.165) is 0 Å². The summed E-state index contributed by atoms with van der Waals surface area (Å²) in [6.07, 6.45) is 0. The zero-order valence-corrected chi connectivity index (χ0v) is 7.03. The molecule has 0 aromatic heterocycles. The minimum Gasteiger partial charge on any atom is -2.00 e. The van der Waals surface area contributed by atoms with Crippen LogP contribution in [-0.2, 0) is 44.3 Å². The van der Waals surface area contributed by atoms with Crippen molar-refractivity contribution in [1.29, 1.82) is 0 Å². The van der Waals surface area contributed by atoms with Crippen molar-refractivity contribution < 1.29 is 73.8 Å². The largest absolute Gasteiger partial charge is 4.00 e. The van der Waals surface area contributed by atoms with Gasteiger partial charge in [-0.3, -0.25) is 0 Å². The van der Waals surface area contributed by atoms with Crippen LogP contribution in [0.3, 0.4) is 0 Å². The van der Waals surface area contributed by atoms with Gasteiger partial charge in [-0.05, 0) is 0 Å². The van der Waals surface area contributed by atoms with Crippen LogP contribution in [0, 0.1) is 0 Å². The van der Waals surface area contributed by atoms with Gasteiger partial charge in [0.05, 0.1) is 0 Å². The number of hydrogen-bond acceptors (Lipinski definition) is 0. The molecule has 1 radical (unpaired) electrons. The van der Waals surface area contributed by atoms with E-state index in [0.29, 0.717) is 0 Å². The molecule has 4 heteroatoms. The number of rotatable bonds is 0. The van der Waals surface area contributed by atoms with Gasteiger partial charge in [-0.15, -0.1) is 0 Å². The zero-order chi connectivity index (χ0) is 0. The molecule has 0 saturated carbocycles. The second-order valence-electron chi connectivity index (χ2n) is 0. The fourth-order valence-corrected chi connectivity index (χ4v) is 0. The van der Waals surface area contributed by atoms with Gasteiger partial charge >= 0.3 is 68.3 Å². The van der Waals surface area contributed by atoms with Gasteiger partial charge in [-0.2, -0.15) is 0 Å². The summed E-state index contributed by atoms with van der Waals surface area (Å²) in [4.78, 5) is 0. The second-order valence-corrected chi connectivity index (χ2v) is 0. The van der Waals surface area contributed by atoms with Gasteiger partial charge in [-0.25, -0.2) is 0 Å². The maximum absolute atomic E-state index is 0. The van der Waals surface area contributed by atoms with Crippen LogP contribution in [0.4, 0.5) is 0 Å². The standard InChI is InChI=1S/Mn.Na.O.Ti/q+2;+1;-2;+4. The summed E-state index contributed by atoms with van der Waals surface area (Å²) in [6.45, 7) is 0. The van der Waals surface area contributed by atoms with Crippen LogP contribution >= 0.6 is 0 Å². The Morgan fingerprint density at radius 1 is 1.00 bits per heavy atom. The van der Waals surface area contributed by atoms with E-state index in [1.807, 2.05) is 0 Å². The fourth-order valence-electron chi connectivity index (χ4n) is 0. The van der Waals surface area contributed by atoms with Crippen LogP contribution in [0.25, 0.3) is 0 Å². The smallest absolute Gasteiger partial charge is 2.00 e. The first-order chi connectivity index (χ1) is 0. The summed E-state index contributed by atoms with van der Waals surface area (Å²) in [5, 5.41) is 0. The molecule has 0 atom stereocenters. The second kappa shape index (κ2) is 19.0. The molecule has 0 saturated heterocycles. The van der Waals surface area contributed by atoms with E-state index >= 15 is 0 Å². The molecular weight excluding hydrogens is 142 g/mol. The summed E-state index contributed by atoms with van der Waals surface area (Å²) >= 11 is 0. The Bertz CT molecular complexity index is 8.00. The Kier molecular flexibility index (Phi) is 165. The molecule has 0 aliphatic heterocycles. The third kappa shape index (κ3) is 8.89. The molecule has 4 heavy (non-hydrogen) atoms. The molecule has 0 bridgehead atoms. The fraction of sp³-hybridized carbons (Fsp3) is 0. The molecule has 0 amide bonds. The van der Waals surface area contributed by atoms with Gasteiger partial charge in [-0.1, -0.05) is 0 Å².